The van der Waals surface area contributed by atoms with E-state index in [4.69, 9.17) is 21.1 Å². The molecule has 2 rings (SSSR count). The van der Waals surface area contributed by atoms with Gasteiger partial charge in [0.1, 0.15) is 11.3 Å². The number of amides is 1. The Labute approximate surface area is 133 Å². The van der Waals surface area contributed by atoms with Crippen LogP contribution in [0.15, 0.2) is 30.3 Å². The molecule has 0 fully saturated rings. The zero-order valence-electron chi connectivity index (χ0n) is 12.6. The van der Waals surface area contributed by atoms with Gasteiger partial charge in [0.25, 0.3) is 5.91 Å². The molecule has 0 unspecified atom stereocenters. The lowest BCUT2D eigenvalue weighted by Gasteiger charge is -2.14. The van der Waals surface area contributed by atoms with Crippen molar-refractivity contribution < 1.29 is 19.1 Å². The summed E-state index contributed by atoms with van der Waals surface area (Å²) >= 11 is 5.96. The maximum atomic E-state index is 11.9. The number of nitrogens with zero attached hydrogens (tertiary/aromatic N) is 1. The molecule has 0 bridgehead atoms. The van der Waals surface area contributed by atoms with Gasteiger partial charge in [-0.2, -0.15) is 0 Å². The summed E-state index contributed by atoms with van der Waals surface area (Å²) in [5.41, 5.74) is 0.254. The quantitative estimate of drug-likeness (QED) is 0.813. The number of hydrogen-bond donors (Lipinski definition) is 0. The van der Waals surface area contributed by atoms with E-state index in [-0.39, 0.29) is 18.1 Å². The van der Waals surface area contributed by atoms with Crippen LogP contribution in [0.2, 0.25) is 5.02 Å². The SMILES string of the molecule is COC(=O)c1cc2cc(Cl)ccc2cc1OCC(=O)N(C)C. The Bertz CT molecular complexity index is 727. The predicted octanol–water partition coefficient (Wildman–Crippen LogP) is 2.75. The number of halogens is 1. The van der Waals surface area contributed by atoms with Crippen molar-refractivity contribution in [1.82, 2.24) is 4.90 Å². The van der Waals surface area contributed by atoms with Crippen LogP contribution in [-0.2, 0) is 9.53 Å². The van der Waals surface area contributed by atoms with Crippen LogP contribution in [0.1, 0.15) is 10.4 Å². The van der Waals surface area contributed by atoms with Crippen molar-refractivity contribution in [1.29, 1.82) is 0 Å². The van der Waals surface area contributed by atoms with Gasteiger partial charge in [-0.25, -0.2) is 4.79 Å². The number of rotatable bonds is 4. The van der Waals surface area contributed by atoms with Gasteiger partial charge in [-0.05, 0) is 35.0 Å². The van der Waals surface area contributed by atoms with Crippen LogP contribution in [-0.4, -0.2) is 44.6 Å². The Morgan fingerprint density at radius 1 is 1.14 bits per heavy atom. The van der Waals surface area contributed by atoms with Crippen LogP contribution < -0.4 is 4.74 Å². The van der Waals surface area contributed by atoms with Crippen molar-refractivity contribution in [2.75, 3.05) is 27.8 Å². The standard InChI is InChI=1S/C16H16ClNO4/c1-18(2)15(19)9-22-14-8-10-4-5-12(17)6-11(10)7-13(14)16(20)21-3/h4-8H,9H2,1-3H3. The van der Waals surface area contributed by atoms with Crippen LogP contribution in [0, 0.1) is 0 Å². The number of carbonyl (C=O) groups is 2. The first-order chi connectivity index (χ1) is 10.4. The summed E-state index contributed by atoms with van der Waals surface area (Å²) in [6.45, 7) is -0.157. The van der Waals surface area contributed by atoms with E-state index in [1.807, 2.05) is 6.07 Å². The molecule has 0 radical (unpaired) electrons. The first-order valence-electron chi connectivity index (χ1n) is 6.57. The van der Waals surface area contributed by atoms with Gasteiger partial charge in [0.05, 0.1) is 7.11 Å². The second-order valence-corrected chi connectivity index (χ2v) is 5.34. The fourth-order valence-electron chi connectivity index (χ4n) is 1.91. The van der Waals surface area contributed by atoms with Crippen LogP contribution in [0.25, 0.3) is 10.8 Å². The van der Waals surface area contributed by atoms with Gasteiger partial charge in [-0.3, -0.25) is 4.79 Å². The van der Waals surface area contributed by atoms with Crippen LogP contribution in [0.4, 0.5) is 0 Å². The summed E-state index contributed by atoms with van der Waals surface area (Å²) in [4.78, 5) is 25.0. The Morgan fingerprint density at radius 3 is 2.50 bits per heavy atom. The second kappa shape index (κ2) is 6.66. The molecule has 0 N–H and O–H groups in total. The molecule has 2 aromatic carbocycles. The van der Waals surface area contributed by atoms with E-state index in [0.717, 1.165) is 10.8 Å². The molecule has 0 aliphatic heterocycles. The van der Waals surface area contributed by atoms with Crippen molar-refractivity contribution >= 4 is 34.2 Å². The molecule has 2 aromatic rings. The summed E-state index contributed by atoms with van der Waals surface area (Å²) in [6.07, 6.45) is 0. The largest absolute Gasteiger partial charge is 0.483 e. The van der Waals surface area contributed by atoms with E-state index >= 15 is 0 Å². The lowest BCUT2D eigenvalue weighted by atomic mass is 10.1. The third kappa shape index (κ3) is 3.49. The van der Waals surface area contributed by atoms with Crippen LogP contribution in [0.5, 0.6) is 5.75 Å². The summed E-state index contributed by atoms with van der Waals surface area (Å²) in [5, 5.41) is 2.21. The Kier molecular flexibility index (Phi) is 4.88. The molecular formula is C16H16ClNO4. The average molecular weight is 322 g/mol. The first-order valence-corrected chi connectivity index (χ1v) is 6.94. The van der Waals surface area contributed by atoms with Crippen molar-refractivity contribution in [3.05, 3.63) is 40.9 Å². The highest BCUT2D eigenvalue weighted by Gasteiger charge is 2.16. The van der Waals surface area contributed by atoms with E-state index in [0.29, 0.717) is 10.8 Å². The molecule has 0 spiro atoms. The molecule has 22 heavy (non-hydrogen) atoms. The molecule has 5 nitrogen and oxygen atoms in total. The molecule has 0 atom stereocenters. The van der Waals surface area contributed by atoms with Gasteiger partial charge in [0.15, 0.2) is 6.61 Å². The van der Waals surface area contributed by atoms with Gasteiger partial charge < -0.3 is 14.4 Å². The van der Waals surface area contributed by atoms with Crippen molar-refractivity contribution in [3.8, 4) is 5.75 Å². The van der Waals surface area contributed by atoms with E-state index in [2.05, 4.69) is 0 Å². The van der Waals surface area contributed by atoms with E-state index in [9.17, 15) is 9.59 Å². The topological polar surface area (TPSA) is 55.8 Å². The number of likely N-dealkylation sites (N-methyl/N-ethyl adjacent to an activating group) is 1. The summed E-state index contributed by atoms with van der Waals surface area (Å²) in [5.74, 6) is -0.432. The number of carbonyl (C=O) groups excluding carboxylic acids is 2. The first kappa shape index (κ1) is 16.1. The predicted molar refractivity (Wildman–Crippen MR) is 84.5 cm³/mol. The molecule has 6 heteroatoms. The molecule has 116 valence electrons. The maximum absolute atomic E-state index is 11.9. The minimum atomic E-state index is -0.533. The van der Waals surface area contributed by atoms with Gasteiger partial charge in [-0.15, -0.1) is 0 Å². The molecule has 1 amide bonds. The number of methoxy groups -OCH3 is 1. The lowest BCUT2D eigenvalue weighted by Crippen LogP contribution is -2.27. The van der Waals surface area contributed by atoms with Gasteiger partial charge >= 0.3 is 5.97 Å². The second-order valence-electron chi connectivity index (χ2n) is 4.91. The maximum Gasteiger partial charge on any atom is 0.341 e. The minimum Gasteiger partial charge on any atom is -0.483 e. The van der Waals surface area contributed by atoms with Gasteiger partial charge in [-0.1, -0.05) is 17.7 Å². The summed E-state index contributed by atoms with van der Waals surface area (Å²) in [7, 11) is 4.56. The third-order valence-corrected chi connectivity index (χ3v) is 3.39. The fraction of sp³-hybridized carbons (Fsp3) is 0.250. The molecule has 0 saturated carbocycles. The zero-order chi connectivity index (χ0) is 16.3. The molecule has 0 saturated heterocycles. The van der Waals surface area contributed by atoms with Crippen molar-refractivity contribution in [2.45, 2.75) is 0 Å². The monoisotopic (exact) mass is 321 g/mol. The number of esters is 1. The third-order valence-electron chi connectivity index (χ3n) is 3.16. The van der Waals surface area contributed by atoms with Crippen molar-refractivity contribution in [2.24, 2.45) is 0 Å². The lowest BCUT2D eigenvalue weighted by molar-refractivity contribution is -0.130. The van der Waals surface area contributed by atoms with E-state index < -0.39 is 5.97 Å². The van der Waals surface area contributed by atoms with Gasteiger partial charge in [0.2, 0.25) is 0 Å². The van der Waals surface area contributed by atoms with Crippen LogP contribution in [0.3, 0.4) is 0 Å². The van der Waals surface area contributed by atoms with Gasteiger partial charge in [0, 0.05) is 19.1 Å². The minimum absolute atomic E-state index is 0.157. The normalized spacial score (nSPS) is 10.4. The smallest absolute Gasteiger partial charge is 0.341 e. The van der Waals surface area contributed by atoms with Crippen molar-refractivity contribution in [3.63, 3.8) is 0 Å². The summed E-state index contributed by atoms with van der Waals surface area (Å²) in [6, 6.07) is 8.65. The molecule has 0 aliphatic rings. The Hall–Kier alpha value is -2.27. The molecular weight excluding hydrogens is 306 g/mol. The highest BCUT2D eigenvalue weighted by atomic mass is 35.5. The fourth-order valence-corrected chi connectivity index (χ4v) is 2.09. The van der Waals surface area contributed by atoms with E-state index in [1.165, 1.54) is 12.0 Å². The number of ether oxygens (including phenoxy) is 2. The summed E-state index contributed by atoms with van der Waals surface area (Å²) < 4.78 is 10.3. The highest BCUT2D eigenvalue weighted by Crippen LogP contribution is 2.28. The average Bonchev–Trinajstić information content (AvgIpc) is 2.50. The Morgan fingerprint density at radius 2 is 1.86 bits per heavy atom. The number of hydrogen-bond acceptors (Lipinski definition) is 4. The Balaban J connectivity index is 2.43. The number of benzene rings is 2. The molecule has 0 aromatic heterocycles. The molecule has 0 heterocycles. The molecule has 0 aliphatic carbocycles. The highest BCUT2D eigenvalue weighted by molar-refractivity contribution is 6.31. The van der Waals surface area contributed by atoms with E-state index in [1.54, 1.807) is 38.4 Å². The van der Waals surface area contributed by atoms with Crippen LogP contribution >= 0.6 is 11.6 Å². The zero-order valence-corrected chi connectivity index (χ0v) is 13.3. The number of fused-ring (bicyclic) bond motifs is 1.